The van der Waals surface area contributed by atoms with Gasteiger partial charge in [-0.15, -0.1) is 0 Å². The normalized spacial score (nSPS) is 10.3. The van der Waals surface area contributed by atoms with Crippen molar-refractivity contribution in [3.05, 3.63) is 41.3 Å². The summed E-state index contributed by atoms with van der Waals surface area (Å²) in [5, 5.41) is 0. The van der Waals surface area contributed by atoms with Crippen LogP contribution in [-0.2, 0) is 0 Å². The third-order valence-corrected chi connectivity index (χ3v) is 4.64. The summed E-state index contributed by atoms with van der Waals surface area (Å²) in [7, 11) is 5.35. The van der Waals surface area contributed by atoms with Crippen molar-refractivity contribution in [3.8, 4) is 0 Å². The van der Waals surface area contributed by atoms with Gasteiger partial charge in [-0.3, -0.25) is 4.98 Å². The minimum Gasteiger partial charge on any atom is -0.271 e. The Morgan fingerprint density at radius 1 is 0.938 bits per heavy atom. The Morgan fingerprint density at radius 2 is 1.56 bits per heavy atom. The second kappa shape index (κ2) is 5.75. The van der Waals surface area contributed by atoms with E-state index >= 15 is 0 Å². The van der Waals surface area contributed by atoms with Crippen LogP contribution in [0.3, 0.4) is 0 Å². The molecular formula is C10H8BBrN2S2. The molecule has 0 amide bonds. The molecule has 0 aliphatic rings. The van der Waals surface area contributed by atoms with Gasteiger partial charge in [0.25, 0.3) is 0 Å². The monoisotopic (exact) mass is 310 g/mol. The van der Waals surface area contributed by atoms with Gasteiger partial charge in [-0.1, -0.05) is 21.6 Å². The highest BCUT2D eigenvalue weighted by atomic mass is 79.9. The van der Waals surface area contributed by atoms with Gasteiger partial charge in [0, 0.05) is 22.2 Å². The molecule has 0 spiro atoms. The Labute approximate surface area is 112 Å². The van der Waals surface area contributed by atoms with Crippen molar-refractivity contribution in [1.82, 2.24) is 9.97 Å². The van der Waals surface area contributed by atoms with Crippen molar-refractivity contribution in [2.45, 2.75) is 9.79 Å². The minimum absolute atomic E-state index is 0.860. The number of halogens is 1. The zero-order chi connectivity index (χ0) is 11.4. The first-order valence-electron chi connectivity index (χ1n) is 4.63. The fourth-order valence-corrected chi connectivity index (χ4v) is 3.05. The molecular weight excluding hydrogens is 303 g/mol. The maximum absolute atomic E-state index is 4.25. The average molecular weight is 311 g/mol. The number of aromatic nitrogens is 2. The molecule has 2 heterocycles. The fourth-order valence-electron chi connectivity index (χ4n) is 1.01. The molecule has 0 fully saturated rings. The second-order valence-corrected chi connectivity index (χ2v) is 6.21. The average Bonchev–Trinajstić information content (AvgIpc) is 2.30. The number of hydrogen-bond acceptors (Lipinski definition) is 4. The van der Waals surface area contributed by atoms with E-state index in [1.165, 1.54) is 0 Å². The summed E-state index contributed by atoms with van der Waals surface area (Å²) in [6.45, 7) is 0. The quantitative estimate of drug-likeness (QED) is 0.493. The van der Waals surface area contributed by atoms with E-state index in [1.807, 2.05) is 38.4 Å². The Morgan fingerprint density at radius 3 is 2.06 bits per heavy atom. The van der Waals surface area contributed by atoms with Gasteiger partial charge < -0.3 is 0 Å². The molecule has 0 aromatic carbocycles. The summed E-state index contributed by atoms with van der Waals surface area (Å²) in [6.07, 6.45) is 3.74. The molecule has 0 bridgehead atoms. The summed E-state index contributed by atoms with van der Waals surface area (Å²) >= 11 is 3.31. The van der Waals surface area contributed by atoms with Crippen LogP contribution in [0.15, 0.2) is 51.1 Å². The maximum atomic E-state index is 4.25. The van der Waals surface area contributed by atoms with Crippen LogP contribution in [0.5, 0.6) is 0 Å². The van der Waals surface area contributed by atoms with Gasteiger partial charge >= 0.3 is 0 Å². The molecule has 0 atom stereocenters. The van der Waals surface area contributed by atoms with E-state index in [9.17, 15) is 0 Å². The number of pyridine rings is 2. The molecule has 80 valence electrons. The summed E-state index contributed by atoms with van der Waals surface area (Å²) in [6, 6.07) is 8.07. The first kappa shape index (κ1) is 12.0. The maximum Gasteiger partial charge on any atom is 0.163 e. The van der Waals surface area contributed by atoms with E-state index < -0.39 is 0 Å². The smallest absolute Gasteiger partial charge is 0.163 e. The van der Waals surface area contributed by atoms with Crippen molar-refractivity contribution in [2.24, 2.45) is 0 Å². The lowest BCUT2D eigenvalue weighted by Gasteiger charge is -2.00. The van der Waals surface area contributed by atoms with Gasteiger partial charge in [0.15, 0.2) is 7.85 Å². The van der Waals surface area contributed by atoms with Crippen molar-refractivity contribution in [1.29, 1.82) is 0 Å². The Hall–Kier alpha value is -0.455. The van der Waals surface area contributed by atoms with Crippen molar-refractivity contribution < 1.29 is 0 Å². The summed E-state index contributed by atoms with van der Waals surface area (Å²) in [5.41, 5.74) is 1.04. The fraction of sp³-hybridized carbons (Fsp3) is 0. The zero-order valence-corrected chi connectivity index (χ0v) is 11.8. The third-order valence-electron chi connectivity index (χ3n) is 1.82. The predicted molar refractivity (Wildman–Crippen MR) is 76.1 cm³/mol. The van der Waals surface area contributed by atoms with Crippen LogP contribution in [0, 0.1) is 0 Å². The van der Waals surface area contributed by atoms with Crippen molar-refractivity contribution >= 4 is 51.0 Å². The topological polar surface area (TPSA) is 25.8 Å². The van der Waals surface area contributed by atoms with Crippen LogP contribution in [-0.4, -0.2) is 17.8 Å². The van der Waals surface area contributed by atoms with Gasteiger partial charge in [-0.05, 0) is 45.8 Å². The molecule has 0 radical (unpaired) electrons. The van der Waals surface area contributed by atoms with E-state index in [1.54, 1.807) is 21.6 Å². The lowest BCUT2D eigenvalue weighted by atomic mass is 10.1. The van der Waals surface area contributed by atoms with Crippen molar-refractivity contribution in [2.75, 3.05) is 0 Å². The van der Waals surface area contributed by atoms with Crippen LogP contribution in [0.1, 0.15) is 0 Å². The lowest BCUT2D eigenvalue weighted by Crippen LogP contribution is -2.05. The third kappa shape index (κ3) is 3.54. The highest BCUT2D eigenvalue weighted by molar-refractivity contribution is 9.10. The van der Waals surface area contributed by atoms with E-state index in [4.69, 9.17) is 0 Å². The van der Waals surface area contributed by atoms with Gasteiger partial charge in [-0.2, -0.15) is 0 Å². The Bertz CT molecular complexity index is 416. The largest absolute Gasteiger partial charge is 0.271 e. The molecule has 0 aliphatic carbocycles. The van der Waals surface area contributed by atoms with E-state index in [0.717, 1.165) is 20.0 Å². The molecule has 2 nitrogen and oxygen atoms in total. The molecule has 0 saturated carbocycles. The van der Waals surface area contributed by atoms with E-state index in [0.29, 0.717) is 0 Å². The first-order chi connectivity index (χ1) is 7.74. The highest BCUT2D eigenvalue weighted by Crippen LogP contribution is 2.36. The van der Waals surface area contributed by atoms with Crippen LogP contribution >= 0.6 is 37.5 Å². The molecule has 2 aromatic heterocycles. The lowest BCUT2D eigenvalue weighted by molar-refractivity contribution is 1.20. The standard InChI is InChI=1S/C10H8BBrN2S2/c11-9-3-1-7(5-13-9)15-16-8-2-4-10(12)14-6-8/h1-6H,11H2. The SMILES string of the molecule is Bc1ccc(SSc2ccc(Br)nc2)cn1. The minimum atomic E-state index is 0.860. The molecule has 2 aromatic rings. The van der Waals surface area contributed by atoms with E-state index in [2.05, 4.69) is 32.0 Å². The van der Waals surface area contributed by atoms with E-state index in [-0.39, 0.29) is 0 Å². The first-order valence-corrected chi connectivity index (χ1v) is 7.57. The number of hydrogen-bond donors (Lipinski definition) is 0. The Kier molecular flexibility index (Phi) is 4.32. The molecule has 6 heteroatoms. The zero-order valence-electron chi connectivity index (χ0n) is 8.55. The summed E-state index contributed by atoms with van der Waals surface area (Å²) in [5.74, 6) is 0. The van der Waals surface area contributed by atoms with Crippen molar-refractivity contribution in [3.63, 3.8) is 0 Å². The molecule has 0 aliphatic heterocycles. The van der Waals surface area contributed by atoms with Gasteiger partial charge in [0.05, 0.1) is 0 Å². The Balaban J connectivity index is 1.97. The second-order valence-electron chi connectivity index (χ2n) is 3.12. The van der Waals surface area contributed by atoms with Gasteiger partial charge in [-0.25, -0.2) is 4.98 Å². The number of nitrogens with zero attached hydrogens (tertiary/aromatic N) is 2. The molecule has 16 heavy (non-hydrogen) atoms. The highest BCUT2D eigenvalue weighted by Gasteiger charge is 1.98. The molecule has 0 unspecified atom stereocenters. The summed E-state index contributed by atoms with van der Waals surface area (Å²) < 4.78 is 0.860. The van der Waals surface area contributed by atoms with Crippen LogP contribution < -0.4 is 5.59 Å². The van der Waals surface area contributed by atoms with Crippen LogP contribution in [0.4, 0.5) is 0 Å². The van der Waals surface area contributed by atoms with Gasteiger partial charge in [0.1, 0.15) is 4.60 Å². The molecule has 0 saturated heterocycles. The molecule has 2 rings (SSSR count). The molecule has 0 N–H and O–H groups in total. The van der Waals surface area contributed by atoms with Crippen LogP contribution in [0.25, 0.3) is 0 Å². The summed E-state index contributed by atoms with van der Waals surface area (Å²) in [4.78, 5) is 10.7. The van der Waals surface area contributed by atoms with Gasteiger partial charge in [0.2, 0.25) is 0 Å². The van der Waals surface area contributed by atoms with Crippen LogP contribution in [0.2, 0.25) is 0 Å². The predicted octanol–water partition coefficient (Wildman–Crippen LogP) is 2.30. The number of rotatable bonds is 3.